The number of hydrogen-bond donors (Lipinski definition) is 10. The number of aliphatic hydroxyl groups excluding tert-OH is 8. The zero-order valence-corrected chi connectivity index (χ0v) is 12.7. The van der Waals surface area contributed by atoms with Crippen LogP contribution in [0.1, 0.15) is 0 Å². The van der Waals surface area contributed by atoms with Crippen molar-refractivity contribution in [2.24, 2.45) is 11.5 Å². The maximum Gasteiger partial charge on any atom is 0.173 e. The van der Waals surface area contributed by atoms with E-state index in [9.17, 15) is 20.4 Å². The largest absolute Gasteiger partial charge is 0.394 e. The smallest absolute Gasteiger partial charge is 0.173 e. The van der Waals surface area contributed by atoms with Gasteiger partial charge < -0.3 is 61.8 Å². The van der Waals surface area contributed by atoms with Crippen LogP contribution in [0.5, 0.6) is 0 Å². The van der Waals surface area contributed by atoms with Gasteiger partial charge >= 0.3 is 0 Å². The van der Waals surface area contributed by atoms with Gasteiger partial charge in [0.1, 0.15) is 36.6 Å². The van der Waals surface area contributed by atoms with E-state index in [2.05, 4.69) is 0 Å². The van der Waals surface area contributed by atoms with Crippen LogP contribution in [0.15, 0.2) is 0 Å². The Balaban J connectivity index is 0.000000240. The van der Waals surface area contributed by atoms with Crippen molar-refractivity contribution in [3.8, 4) is 0 Å². The Morgan fingerprint density at radius 2 is 0.875 bits per heavy atom. The molecule has 0 aromatic heterocycles. The molecular formula is C12H26N2O10. The van der Waals surface area contributed by atoms with Gasteiger partial charge in [0.15, 0.2) is 12.6 Å². The fraction of sp³-hybridized carbons (Fsp3) is 1.00. The topological polar surface area (TPSA) is 232 Å². The summed E-state index contributed by atoms with van der Waals surface area (Å²) in [6.07, 6.45) is -9.70. The summed E-state index contributed by atoms with van der Waals surface area (Å²) in [5, 5.41) is 72.1. The molecule has 2 saturated heterocycles. The Hall–Kier alpha value is -0.480. The van der Waals surface area contributed by atoms with Crippen molar-refractivity contribution >= 4 is 0 Å². The number of hydrogen-bond acceptors (Lipinski definition) is 12. The average Bonchev–Trinajstić information content (AvgIpc) is 2.58. The van der Waals surface area contributed by atoms with Gasteiger partial charge in [-0.05, 0) is 0 Å². The third-order valence-electron chi connectivity index (χ3n) is 3.90. The molecule has 2 aliphatic rings. The molecule has 0 aromatic rings. The minimum absolute atomic E-state index is 0.470. The van der Waals surface area contributed by atoms with Crippen LogP contribution in [0.3, 0.4) is 0 Å². The van der Waals surface area contributed by atoms with Crippen LogP contribution in [0.4, 0.5) is 0 Å². The highest BCUT2D eigenvalue weighted by atomic mass is 16.6. The number of rotatable bonds is 2. The fourth-order valence-electron chi connectivity index (χ4n) is 2.24. The molecule has 0 aromatic carbocycles. The molecule has 2 aliphatic heterocycles. The van der Waals surface area contributed by atoms with Gasteiger partial charge in [-0.1, -0.05) is 0 Å². The Kier molecular flexibility index (Phi) is 8.34. The Bertz CT molecular complexity index is 334. The van der Waals surface area contributed by atoms with E-state index >= 15 is 0 Å². The molecule has 2 rings (SSSR count). The zero-order valence-electron chi connectivity index (χ0n) is 12.7. The molecule has 0 saturated carbocycles. The van der Waals surface area contributed by atoms with Crippen molar-refractivity contribution in [3.63, 3.8) is 0 Å². The predicted molar refractivity (Wildman–Crippen MR) is 75.9 cm³/mol. The second kappa shape index (κ2) is 9.28. The van der Waals surface area contributed by atoms with Crippen molar-refractivity contribution in [3.05, 3.63) is 0 Å². The van der Waals surface area contributed by atoms with Crippen LogP contribution in [0, 0.1) is 0 Å². The molecule has 2 unspecified atom stereocenters. The Morgan fingerprint density at radius 1 is 0.583 bits per heavy atom. The molecule has 2 heterocycles. The standard InChI is InChI=1S/2C6H13NO5/c2*7-3-5(10)4(9)2(1-8)12-6(3)11/h2*2-6,8-11H,1,7H2/t2-,3-,4+,5-,6?;2-,3-,4-,5-,6?/m11/s1. The third-order valence-corrected chi connectivity index (χ3v) is 3.90. The van der Waals surface area contributed by atoms with Crippen LogP contribution in [-0.4, -0.2) is 115 Å². The highest BCUT2D eigenvalue weighted by molar-refractivity contribution is 4.91. The molecule has 0 radical (unpaired) electrons. The lowest BCUT2D eigenvalue weighted by Gasteiger charge is -2.38. The highest BCUT2D eigenvalue weighted by Gasteiger charge is 2.42. The Labute approximate surface area is 137 Å². The number of aliphatic hydroxyl groups is 8. The molecule has 2 fully saturated rings. The normalized spacial score (nSPS) is 49.2. The lowest BCUT2D eigenvalue weighted by molar-refractivity contribution is -0.248. The molecular weight excluding hydrogens is 332 g/mol. The monoisotopic (exact) mass is 358 g/mol. The molecule has 12 heteroatoms. The minimum atomic E-state index is -1.35. The van der Waals surface area contributed by atoms with E-state index in [0.717, 1.165) is 0 Å². The third kappa shape index (κ3) is 4.78. The predicted octanol–water partition coefficient (Wildman–Crippen LogP) is -6.51. The molecule has 0 amide bonds. The number of nitrogens with two attached hydrogens (primary N) is 2. The summed E-state index contributed by atoms with van der Waals surface area (Å²) in [4.78, 5) is 0. The first-order valence-electron chi connectivity index (χ1n) is 7.27. The maximum absolute atomic E-state index is 9.20. The lowest BCUT2D eigenvalue weighted by atomic mass is 9.98. The summed E-state index contributed by atoms with van der Waals surface area (Å²) >= 11 is 0. The second-order valence-electron chi connectivity index (χ2n) is 5.61. The summed E-state index contributed by atoms with van der Waals surface area (Å²) in [5.41, 5.74) is 10.5. The van der Waals surface area contributed by atoms with Crippen LogP contribution in [0.25, 0.3) is 0 Å². The van der Waals surface area contributed by atoms with Crippen LogP contribution in [-0.2, 0) is 9.47 Å². The first-order chi connectivity index (χ1) is 11.1. The SMILES string of the molecule is N[C@H]1C(O)O[C@H](CO)[C@@H](O)[C@@H]1O.N[C@H]1C(O)O[C@H](CO)[C@H](O)[C@@H]1O. The van der Waals surface area contributed by atoms with Crippen molar-refractivity contribution in [2.45, 2.75) is 61.3 Å². The van der Waals surface area contributed by atoms with Gasteiger partial charge in [0.2, 0.25) is 0 Å². The van der Waals surface area contributed by atoms with Gasteiger partial charge in [-0.25, -0.2) is 0 Å². The summed E-state index contributed by atoms with van der Waals surface area (Å²) in [7, 11) is 0. The van der Waals surface area contributed by atoms with Gasteiger partial charge in [0.05, 0.1) is 25.3 Å². The van der Waals surface area contributed by atoms with Gasteiger partial charge in [0, 0.05) is 0 Å². The average molecular weight is 358 g/mol. The van der Waals surface area contributed by atoms with Crippen LogP contribution in [0.2, 0.25) is 0 Å². The fourth-order valence-corrected chi connectivity index (χ4v) is 2.24. The van der Waals surface area contributed by atoms with Crippen molar-refractivity contribution in [1.82, 2.24) is 0 Å². The second-order valence-corrected chi connectivity index (χ2v) is 5.61. The molecule has 12 nitrogen and oxygen atoms in total. The van der Waals surface area contributed by atoms with E-state index in [0.29, 0.717) is 0 Å². The van der Waals surface area contributed by atoms with Gasteiger partial charge in [0.25, 0.3) is 0 Å². The summed E-state index contributed by atoms with van der Waals surface area (Å²) < 4.78 is 9.40. The van der Waals surface area contributed by atoms with E-state index in [1.165, 1.54) is 0 Å². The minimum Gasteiger partial charge on any atom is -0.394 e. The van der Waals surface area contributed by atoms with Crippen LogP contribution >= 0.6 is 0 Å². The zero-order chi connectivity index (χ0) is 18.6. The van der Waals surface area contributed by atoms with E-state index in [1.54, 1.807) is 0 Å². The van der Waals surface area contributed by atoms with Crippen molar-refractivity contribution < 1.29 is 50.3 Å². The molecule has 10 atom stereocenters. The van der Waals surface area contributed by atoms with Gasteiger partial charge in [-0.15, -0.1) is 0 Å². The maximum atomic E-state index is 9.20. The highest BCUT2D eigenvalue weighted by Crippen LogP contribution is 2.18. The quantitative estimate of drug-likeness (QED) is 0.222. The van der Waals surface area contributed by atoms with E-state index in [4.69, 9.17) is 41.4 Å². The summed E-state index contributed by atoms with van der Waals surface area (Å²) in [6, 6.07) is -2.08. The van der Waals surface area contributed by atoms with Gasteiger partial charge in [-0.2, -0.15) is 0 Å². The molecule has 0 aliphatic carbocycles. The summed E-state index contributed by atoms with van der Waals surface area (Å²) in [6.45, 7) is -0.940. The first-order valence-corrected chi connectivity index (χ1v) is 7.27. The lowest BCUT2D eigenvalue weighted by Crippen LogP contribution is -2.61. The van der Waals surface area contributed by atoms with Crippen molar-refractivity contribution in [2.75, 3.05) is 13.2 Å². The molecule has 0 spiro atoms. The molecule has 24 heavy (non-hydrogen) atoms. The first kappa shape index (κ1) is 21.6. The molecule has 12 N–H and O–H groups in total. The number of ether oxygens (including phenoxy) is 2. The van der Waals surface area contributed by atoms with E-state index in [-0.39, 0.29) is 0 Å². The van der Waals surface area contributed by atoms with Crippen LogP contribution < -0.4 is 11.5 Å². The van der Waals surface area contributed by atoms with E-state index < -0.39 is 74.5 Å². The Morgan fingerprint density at radius 3 is 1.12 bits per heavy atom. The molecule has 0 bridgehead atoms. The van der Waals surface area contributed by atoms with Crippen molar-refractivity contribution in [1.29, 1.82) is 0 Å². The van der Waals surface area contributed by atoms with E-state index in [1.807, 2.05) is 0 Å². The van der Waals surface area contributed by atoms with Gasteiger partial charge in [-0.3, -0.25) is 0 Å². The summed E-state index contributed by atoms with van der Waals surface area (Å²) in [5.74, 6) is 0. The molecule has 144 valence electrons.